The number of rotatable bonds is 36. The molecule has 1 saturated heterocycles. The molecule has 1 heterocycles. The maximum absolute atomic E-state index is 12.8. The van der Waals surface area contributed by atoms with Gasteiger partial charge in [0.25, 0.3) is 10.1 Å². The second-order valence-electron chi connectivity index (χ2n) is 15.3. The molecule has 2 unspecified atom stereocenters. The second kappa shape index (κ2) is 38.1. The molecule has 0 spiro atoms. The normalized spacial score (nSPS) is 20.8. The number of aliphatic hydroxyl groups is 3. The summed E-state index contributed by atoms with van der Waals surface area (Å²) in [6.45, 7) is 3.53. The lowest BCUT2D eigenvalue weighted by molar-refractivity contribution is -0.297. The molecule has 4 N–H and O–H groups in total. The van der Waals surface area contributed by atoms with Gasteiger partial charge in [-0.05, 0) is 89.9 Å². The SMILES string of the molecule is CC/C=C/C/C=C/C/C=C/C/C=C/C/C=C/CCCC(=O)O[C@H](COC(=O)CCCCCC/C=C/C/C=C/C/C=C/CCCCC)CO[C@H]1O[C@H](CS(=O)(=O)O)[C@@H](O)C(O)C1O. The summed E-state index contributed by atoms with van der Waals surface area (Å²) in [4.78, 5) is 25.4. The molecule has 1 fully saturated rings. The quantitative estimate of drug-likeness (QED) is 0.0202. The summed E-state index contributed by atoms with van der Waals surface area (Å²) in [7, 11) is -4.62. The van der Waals surface area contributed by atoms with Gasteiger partial charge in [-0.1, -0.05) is 137 Å². The van der Waals surface area contributed by atoms with Crippen LogP contribution in [0.25, 0.3) is 0 Å². The summed E-state index contributed by atoms with van der Waals surface area (Å²) in [5.74, 6) is -2.10. The maximum Gasteiger partial charge on any atom is 0.306 e. The summed E-state index contributed by atoms with van der Waals surface area (Å²) in [5, 5.41) is 30.9. The maximum atomic E-state index is 12.8. The van der Waals surface area contributed by atoms with Gasteiger partial charge < -0.3 is 34.3 Å². The van der Waals surface area contributed by atoms with E-state index in [-0.39, 0.29) is 19.4 Å². The standard InChI is InChI=1S/C49H78O12S/c1-3-5-7-9-11-13-15-17-19-21-23-25-27-29-31-33-35-37-44(50)58-39-42(40-59-49-48(54)47(53)46(52)43(61-49)41-62(55,56)57)60-45(51)38-36-34-32-30-28-26-24-22-20-18-16-14-12-10-8-6-4-2/h6,8,11-14,17-20,23-26,30,32,42-43,46-49,52-54H,3-5,7,9-10,15-16,21-22,27-29,31,33-41H2,1-2H3,(H,55,56,57)/b8-6+,13-11+,14-12+,19-17+,20-18+,25-23+,26-24+,32-30+/t42-,43-,46-,47?,48?,49+/m1/s1. The zero-order valence-corrected chi connectivity index (χ0v) is 38.2. The van der Waals surface area contributed by atoms with Crippen LogP contribution in [0.4, 0.5) is 0 Å². The molecule has 6 atom stereocenters. The summed E-state index contributed by atoms with van der Waals surface area (Å²) < 4.78 is 54.0. The van der Waals surface area contributed by atoms with Crippen molar-refractivity contribution in [2.75, 3.05) is 19.0 Å². The van der Waals surface area contributed by atoms with E-state index in [1.165, 1.54) is 19.3 Å². The smallest absolute Gasteiger partial charge is 0.306 e. The molecule has 0 aromatic rings. The largest absolute Gasteiger partial charge is 0.462 e. The monoisotopic (exact) mass is 891 g/mol. The number of esters is 2. The molecule has 0 aromatic heterocycles. The number of unbranched alkanes of at least 4 members (excludes halogenated alkanes) is 8. The van der Waals surface area contributed by atoms with Crippen molar-refractivity contribution in [1.82, 2.24) is 0 Å². The molecule has 0 amide bonds. The average Bonchev–Trinajstić information content (AvgIpc) is 3.24. The molecule has 352 valence electrons. The third-order valence-electron chi connectivity index (χ3n) is 9.65. The highest BCUT2D eigenvalue weighted by atomic mass is 32.2. The van der Waals surface area contributed by atoms with Gasteiger partial charge in [0.15, 0.2) is 12.4 Å². The zero-order chi connectivity index (χ0) is 45.5. The molecule has 12 nitrogen and oxygen atoms in total. The van der Waals surface area contributed by atoms with E-state index in [4.69, 9.17) is 18.9 Å². The Hall–Kier alpha value is -3.43. The van der Waals surface area contributed by atoms with E-state index in [9.17, 15) is 37.9 Å². The first kappa shape index (κ1) is 56.6. The van der Waals surface area contributed by atoms with E-state index in [1.807, 2.05) is 12.2 Å². The van der Waals surface area contributed by atoms with Gasteiger partial charge in [-0.25, -0.2) is 0 Å². The summed E-state index contributed by atoms with van der Waals surface area (Å²) in [6, 6.07) is 0. The Morgan fingerprint density at radius 3 is 1.55 bits per heavy atom. The molecule has 1 aliphatic heterocycles. The molecule has 13 heteroatoms. The third-order valence-corrected chi connectivity index (χ3v) is 10.4. The van der Waals surface area contributed by atoms with Crippen molar-refractivity contribution in [3.05, 3.63) is 97.2 Å². The van der Waals surface area contributed by atoms with E-state index in [2.05, 4.69) is 98.9 Å². The van der Waals surface area contributed by atoms with Gasteiger partial charge in [0.2, 0.25) is 0 Å². The predicted molar refractivity (Wildman–Crippen MR) is 247 cm³/mol. The number of hydrogen-bond donors (Lipinski definition) is 4. The molecule has 1 aliphatic rings. The molecule has 0 aliphatic carbocycles. The van der Waals surface area contributed by atoms with Crippen LogP contribution in [0.5, 0.6) is 0 Å². The number of aliphatic hydroxyl groups excluding tert-OH is 3. The molecule has 0 saturated carbocycles. The van der Waals surface area contributed by atoms with Crippen LogP contribution in [0.3, 0.4) is 0 Å². The highest BCUT2D eigenvalue weighted by Crippen LogP contribution is 2.24. The molecule has 0 aromatic carbocycles. The topological polar surface area (TPSA) is 186 Å². The van der Waals surface area contributed by atoms with Crippen LogP contribution < -0.4 is 0 Å². The second-order valence-corrected chi connectivity index (χ2v) is 16.8. The van der Waals surface area contributed by atoms with Gasteiger partial charge >= 0.3 is 11.9 Å². The highest BCUT2D eigenvalue weighted by molar-refractivity contribution is 7.85. The minimum Gasteiger partial charge on any atom is -0.462 e. The van der Waals surface area contributed by atoms with Crippen LogP contribution in [0.2, 0.25) is 0 Å². The first-order valence-corrected chi connectivity index (χ1v) is 24.4. The molecular formula is C49H78O12S. The lowest BCUT2D eigenvalue weighted by Gasteiger charge is -2.40. The van der Waals surface area contributed by atoms with Crippen LogP contribution in [-0.2, 0) is 38.7 Å². The van der Waals surface area contributed by atoms with Crippen LogP contribution in [-0.4, -0.2) is 96.0 Å². The van der Waals surface area contributed by atoms with E-state index in [0.29, 0.717) is 19.3 Å². The first-order chi connectivity index (χ1) is 30.0. The number of hydrogen-bond acceptors (Lipinski definition) is 11. The number of ether oxygens (including phenoxy) is 4. The molecule has 62 heavy (non-hydrogen) atoms. The minimum atomic E-state index is -4.62. The van der Waals surface area contributed by atoms with Crippen LogP contribution in [0.15, 0.2) is 97.2 Å². The molecule has 0 bridgehead atoms. The van der Waals surface area contributed by atoms with Crippen LogP contribution in [0.1, 0.15) is 142 Å². The van der Waals surface area contributed by atoms with Crippen molar-refractivity contribution in [3.63, 3.8) is 0 Å². The van der Waals surface area contributed by atoms with E-state index in [1.54, 1.807) is 0 Å². The van der Waals surface area contributed by atoms with Gasteiger partial charge in [0.1, 0.15) is 36.8 Å². The van der Waals surface area contributed by atoms with Crippen molar-refractivity contribution in [1.29, 1.82) is 0 Å². The van der Waals surface area contributed by atoms with Gasteiger partial charge in [-0.2, -0.15) is 8.42 Å². The lowest BCUT2D eigenvalue weighted by Crippen LogP contribution is -2.60. The van der Waals surface area contributed by atoms with Crippen molar-refractivity contribution in [2.24, 2.45) is 0 Å². The van der Waals surface area contributed by atoms with E-state index in [0.717, 1.165) is 77.0 Å². The van der Waals surface area contributed by atoms with Crippen LogP contribution >= 0.6 is 0 Å². The van der Waals surface area contributed by atoms with Crippen molar-refractivity contribution < 1.29 is 56.8 Å². The Bertz CT molecular complexity index is 1510. The van der Waals surface area contributed by atoms with Gasteiger partial charge in [-0.3, -0.25) is 14.1 Å². The van der Waals surface area contributed by atoms with Crippen molar-refractivity contribution in [3.8, 4) is 0 Å². The zero-order valence-electron chi connectivity index (χ0n) is 37.4. The van der Waals surface area contributed by atoms with E-state index < -0.39 is 71.2 Å². The van der Waals surface area contributed by atoms with Gasteiger partial charge in [0.05, 0.1) is 6.61 Å². The van der Waals surface area contributed by atoms with Crippen molar-refractivity contribution >= 4 is 22.1 Å². The fourth-order valence-electron chi connectivity index (χ4n) is 6.13. The highest BCUT2D eigenvalue weighted by Gasteiger charge is 2.46. The van der Waals surface area contributed by atoms with E-state index >= 15 is 0 Å². The van der Waals surface area contributed by atoms with Crippen LogP contribution in [0, 0.1) is 0 Å². The third kappa shape index (κ3) is 32.3. The molecular weight excluding hydrogens is 813 g/mol. The number of carbonyl (C=O) groups excluding carboxylic acids is 2. The fraction of sp³-hybridized carbons (Fsp3) is 0.633. The number of carbonyl (C=O) groups is 2. The Morgan fingerprint density at radius 2 is 1.03 bits per heavy atom. The Labute approximate surface area is 373 Å². The first-order valence-electron chi connectivity index (χ1n) is 22.8. The summed E-state index contributed by atoms with van der Waals surface area (Å²) >= 11 is 0. The Kier molecular flexibility index (Phi) is 34.7. The lowest BCUT2D eigenvalue weighted by atomic mass is 10.00. The average molecular weight is 891 g/mol. The number of allylic oxidation sites excluding steroid dienone is 16. The van der Waals surface area contributed by atoms with Gasteiger partial charge in [-0.15, -0.1) is 0 Å². The molecule has 0 radical (unpaired) electrons. The molecule has 1 rings (SSSR count). The van der Waals surface area contributed by atoms with Gasteiger partial charge in [0, 0.05) is 12.8 Å². The minimum absolute atomic E-state index is 0.0748. The summed E-state index contributed by atoms with van der Waals surface area (Å²) in [6.07, 6.45) is 41.7. The Balaban J connectivity index is 2.52. The Morgan fingerprint density at radius 1 is 0.565 bits per heavy atom. The fourth-order valence-corrected chi connectivity index (χ4v) is 6.82. The predicted octanol–water partition coefficient (Wildman–Crippen LogP) is 9.44. The summed E-state index contributed by atoms with van der Waals surface area (Å²) in [5.41, 5.74) is 0. The van der Waals surface area contributed by atoms with Crippen molar-refractivity contribution in [2.45, 2.75) is 179 Å².